The fraction of sp³-hybridized carbons (Fsp3) is 0.611. The SMILES string of the molecule is CCCCCCCCN1C(=O)C2=C(c3cc[c]([Sn]([CH3])([CH3])[CH3])s3)N(CCCCCCCC)C(=O)C2=C1c1cc[c]([Sn]([CH3])([CH3])[CH3])s1. The molecule has 4 rings (SSSR count). The molecule has 44 heavy (non-hydrogen) atoms. The van der Waals surface area contributed by atoms with Gasteiger partial charge in [-0.3, -0.25) is 0 Å². The first-order chi connectivity index (χ1) is 20.9. The number of hydrogen-bond donors (Lipinski definition) is 0. The van der Waals surface area contributed by atoms with Gasteiger partial charge in [0.1, 0.15) is 0 Å². The molecule has 2 aromatic heterocycles. The normalized spacial score (nSPS) is 15.9. The van der Waals surface area contributed by atoms with E-state index in [2.05, 4.69) is 67.8 Å². The second-order valence-electron chi connectivity index (χ2n) is 14.7. The number of rotatable bonds is 18. The summed E-state index contributed by atoms with van der Waals surface area (Å²) in [5.41, 5.74) is 3.14. The van der Waals surface area contributed by atoms with Crippen molar-refractivity contribution < 1.29 is 9.59 Å². The third-order valence-electron chi connectivity index (χ3n) is 8.81. The van der Waals surface area contributed by atoms with Crippen molar-refractivity contribution in [3.63, 3.8) is 0 Å². The van der Waals surface area contributed by atoms with Gasteiger partial charge in [-0.15, -0.1) is 0 Å². The van der Waals surface area contributed by atoms with E-state index in [1.165, 1.54) is 57.2 Å². The van der Waals surface area contributed by atoms with Crippen molar-refractivity contribution in [1.82, 2.24) is 9.80 Å². The number of hydrogen-bond acceptors (Lipinski definition) is 4. The number of fused-ring (bicyclic) bond motifs is 1. The molecule has 0 spiro atoms. The number of thiophene rings is 2. The number of unbranched alkanes of at least 4 members (excludes halogenated alkanes) is 10. The number of nitrogens with zero attached hydrogens (tertiary/aromatic N) is 2. The van der Waals surface area contributed by atoms with Crippen LogP contribution in [0.4, 0.5) is 0 Å². The molecule has 0 fully saturated rings. The van der Waals surface area contributed by atoms with E-state index in [4.69, 9.17) is 0 Å². The van der Waals surface area contributed by atoms with Gasteiger partial charge < -0.3 is 0 Å². The van der Waals surface area contributed by atoms with Gasteiger partial charge in [0.05, 0.1) is 0 Å². The second kappa shape index (κ2) is 16.0. The average molecular weight is 850 g/mol. The van der Waals surface area contributed by atoms with Crippen LogP contribution in [0.5, 0.6) is 0 Å². The van der Waals surface area contributed by atoms with Crippen LogP contribution in [-0.4, -0.2) is 71.5 Å². The van der Waals surface area contributed by atoms with Gasteiger partial charge in [0.25, 0.3) is 0 Å². The van der Waals surface area contributed by atoms with Crippen molar-refractivity contribution in [2.75, 3.05) is 13.1 Å². The molecule has 2 amide bonds. The third-order valence-corrected chi connectivity index (χ3v) is 30.0. The molecule has 0 bridgehead atoms. The Labute approximate surface area is 284 Å². The number of amides is 2. The van der Waals surface area contributed by atoms with Crippen molar-refractivity contribution >= 4 is 88.4 Å². The molecule has 2 aliphatic heterocycles. The van der Waals surface area contributed by atoms with Crippen molar-refractivity contribution in [2.24, 2.45) is 0 Å². The van der Waals surface area contributed by atoms with Crippen LogP contribution in [0.1, 0.15) is 101 Å². The van der Waals surface area contributed by atoms with Gasteiger partial charge in [0.15, 0.2) is 0 Å². The molecule has 8 heteroatoms. The summed E-state index contributed by atoms with van der Waals surface area (Å²) < 4.78 is 2.98. The molecule has 4 heterocycles. The zero-order valence-electron chi connectivity index (χ0n) is 28.7. The van der Waals surface area contributed by atoms with Gasteiger partial charge in [-0.25, -0.2) is 0 Å². The predicted octanol–water partition coefficient (Wildman–Crippen LogP) is 9.43. The van der Waals surface area contributed by atoms with E-state index in [0.717, 1.165) is 46.8 Å². The second-order valence-corrected chi connectivity index (χ2v) is 47.7. The van der Waals surface area contributed by atoms with Crippen molar-refractivity contribution in [1.29, 1.82) is 0 Å². The van der Waals surface area contributed by atoms with Crippen LogP contribution in [-0.2, 0) is 9.59 Å². The zero-order valence-corrected chi connectivity index (χ0v) is 36.1. The van der Waals surface area contributed by atoms with Crippen molar-refractivity contribution in [3.8, 4) is 0 Å². The molecular formula is C36H56N2O2S2Sn2. The summed E-state index contributed by atoms with van der Waals surface area (Å²) >= 11 is -0.968. The Bertz CT molecular complexity index is 1270. The summed E-state index contributed by atoms with van der Waals surface area (Å²) in [5.74, 6) is 0.0848. The summed E-state index contributed by atoms with van der Waals surface area (Å²) in [6.45, 7) is 5.87. The van der Waals surface area contributed by atoms with Gasteiger partial charge in [0, 0.05) is 0 Å². The number of carbonyl (C=O) groups excluding carboxylic acids is 2. The average Bonchev–Trinajstić information content (AvgIpc) is 3.74. The molecule has 0 saturated carbocycles. The van der Waals surface area contributed by atoms with Crippen LogP contribution >= 0.6 is 22.7 Å². The van der Waals surface area contributed by atoms with Crippen LogP contribution in [0.3, 0.4) is 0 Å². The van der Waals surface area contributed by atoms with Crippen LogP contribution in [0.2, 0.25) is 29.6 Å². The van der Waals surface area contributed by atoms with Gasteiger partial charge in [-0.2, -0.15) is 0 Å². The van der Waals surface area contributed by atoms with Gasteiger partial charge in [0.2, 0.25) is 0 Å². The summed E-state index contributed by atoms with van der Waals surface area (Å²) in [6.07, 6.45) is 14.1. The Morgan fingerprint density at radius 3 is 1.18 bits per heavy atom. The molecule has 2 aliphatic rings. The molecule has 0 saturated heterocycles. The summed E-state index contributed by atoms with van der Waals surface area (Å²) in [6, 6.07) is 8.98. The molecule has 242 valence electrons. The van der Waals surface area contributed by atoms with Crippen LogP contribution in [0.25, 0.3) is 11.4 Å². The first-order valence-electron chi connectivity index (χ1n) is 17.2. The fourth-order valence-corrected chi connectivity index (χ4v) is 18.9. The van der Waals surface area contributed by atoms with E-state index < -0.39 is 36.8 Å². The monoisotopic (exact) mass is 852 g/mol. The minimum atomic E-state index is -2.32. The predicted molar refractivity (Wildman–Crippen MR) is 199 cm³/mol. The molecule has 4 nitrogen and oxygen atoms in total. The Morgan fingerprint density at radius 2 is 0.864 bits per heavy atom. The van der Waals surface area contributed by atoms with E-state index in [1.807, 2.05) is 32.5 Å². The molecule has 0 radical (unpaired) electrons. The molecule has 0 unspecified atom stereocenters. The molecular weight excluding hydrogens is 794 g/mol. The van der Waals surface area contributed by atoms with Gasteiger partial charge in [-0.05, 0) is 0 Å². The van der Waals surface area contributed by atoms with Crippen molar-refractivity contribution in [2.45, 2.75) is 121 Å². The molecule has 0 atom stereocenters. The Balaban J connectivity index is 1.77. The van der Waals surface area contributed by atoms with Gasteiger partial charge in [-0.1, -0.05) is 13.8 Å². The minimum absolute atomic E-state index is 0.0424. The van der Waals surface area contributed by atoms with E-state index in [-0.39, 0.29) is 11.8 Å². The Kier molecular flexibility index (Phi) is 13.2. The fourth-order valence-electron chi connectivity index (χ4n) is 6.17. The quantitative estimate of drug-likeness (QED) is 0.111. The van der Waals surface area contributed by atoms with E-state index in [9.17, 15) is 9.59 Å². The zero-order chi connectivity index (χ0) is 32.1. The van der Waals surface area contributed by atoms with Crippen LogP contribution in [0, 0.1) is 0 Å². The van der Waals surface area contributed by atoms with Crippen molar-refractivity contribution in [3.05, 3.63) is 45.2 Å². The summed E-state index contributed by atoms with van der Waals surface area (Å²) in [4.78, 5) is 49.9. The third kappa shape index (κ3) is 8.46. The standard InChI is InChI=1S/C30H38N2O2S2.6CH3.2Sn/c1-3-5-7-9-11-13-19-31-27(23-17-15-21-35-23)25-26(29(31)33)28(24-18-16-22-36-24)32(30(25)34)20-14-12-10-8-6-4-2;;;;;;;;/h15-18H,3-14,19-20H2,1-2H3;6*1H3;;. The van der Waals surface area contributed by atoms with Gasteiger partial charge >= 0.3 is 273 Å². The van der Waals surface area contributed by atoms with E-state index in [1.54, 1.807) is 0 Å². The topological polar surface area (TPSA) is 40.6 Å². The molecule has 0 aromatic carbocycles. The molecule has 0 aliphatic carbocycles. The molecule has 0 N–H and O–H groups in total. The van der Waals surface area contributed by atoms with Crippen LogP contribution in [0.15, 0.2) is 35.4 Å². The number of carbonyl (C=O) groups is 2. The Morgan fingerprint density at radius 1 is 0.523 bits per heavy atom. The summed E-state index contributed by atoms with van der Waals surface area (Å²) in [7, 11) is 0. The first kappa shape index (κ1) is 36.3. The molecule has 2 aromatic rings. The maximum absolute atomic E-state index is 14.6. The van der Waals surface area contributed by atoms with Crippen LogP contribution < -0.4 is 5.79 Å². The van der Waals surface area contributed by atoms with E-state index >= 15 is 0 Å². The van der Waals surface area contributed by atoms with E-state index in [0.29, 0.717) is 24.2 Å². The maximum atomic E-state index is 14.6. The summed E-state index contributed by atoms with van der Waals surface area (Å²) in [5, 5.41) is 0. The Hall–Kier alpha value is -0.583. The first-order valence-corrected chi connectivity index (χ1v) is 38.8.